The molecule has 0 saturated carbocycles. The average Bonchev–Trinajstić information content (AvgIpc) is 2.70. The summed E-state index contributed by atoms with van der Waals surface area (Å²) >= 11 is 0. The SMILES string of the molecule is CC(C)N1CCCC(NCCOc2ccccc2)CC1. The van der Waals surface area contributed by atoms with Gasteiger partial charge >= 0.3 is 0 Å². The monoisotopic (exact) mass is 276 g/mol. The largest absolute Gasteiger partial charge is 0.492 e. The normalized spacial score (nSPS) is 20.9. The lowest BCUT2D eigenvalue weighted by Crippen LogP contribution is -2.35. The third-order valence-corrected chi connectivity index (χ3v) is 4.04. The number of likely N-dealkylation sites (tertiary alicyclic amines) is 1. The van der Waals surface area contributed by atoms with Crippen LogP contribution in [0.2, 0.25) is 0 Å². The molecule has 1 saturated heterocycles. The second kappa shape index (κ2) is 8.28. The predicted octanol–water partition coefficient (Wildman–Crippen LogP) is 2.92. The fourth-order valence-electron chi connectivity index (χ4n) is 2.79. The number of benzene rings is 1. The summed E-state index contributed by atoms with van der Waals surface area (Å²) in [6.45, 7) is 8.73. The molecule has 1 fully saturated rings. The molecule has 1 heterocycles. The van der Waals surface area contributed by atoms with E-state index in [4.69, 9.17) is 4.74 Å². The number of hydrogen-bond donors (Lipinski definition) is 1. The first-order valence-corrected chi connectivity index (χ1v) is 7.91. The molecular weight excluding hydrogens is 248 g/mol. The Labute approximate surface area is 123 Å². The average molecular weight is 276 g/mol. The Kier molecular flexibility index (Phi) is 6.34. The van der Waals surface area contributed by atoms with Gasteiger partial charge in [0.05, 0.1) is 0 Å². The zero-order valence-corrected chi connectivity index (χ0v) is 12.8. The molecule has 1 aliphatic heterocycles. The molecule has 1 atom stereocenters. The van der Waals surface area contributed by atoms with E-state index in [9.17, 15) is 0 Å². The maximum Gasteiger partial charge on any atom is 0.119 e. The van der Waals surface area contributed by atoms with Gasteiger partial charge in [-0.05, 0) is 58.3 Å². The molecule has 0 spiro atoms. The molecule has 112 valence electrons. The first-order chi connectivity index (χ1) is 9.75. The van der Waals surface area contributed by atoms with Gasteiger partial charge in [0.25, 0.3) is 0 Å². The summed E-state index contributed by atoms with van der Waals surface area (Å²) < 4.78 is 5.71. The molecule has 3 heteroatoms. The highest BCUT2D eigenvalue weighted by molar-refractivity contribution is 5.20. The molecule has 0 amide bonds. The summed E-state index contributed by atoms with van der Waals surface area (Å²) in [5.41, 5.74) is 0. The molecule has 1 aliphatic rings. The molecule has 20 heavy (non-hydrogen) atoms. The minimum absolute atomic E-state index is 0.651. The van der Waals surface area contributed by atoms with Gasteiger partial charge < -0.3 is 15.0 Å². The van der Waals surface area contributed by atoms with Gasteiger partial charge in [-0.15, -0.1) is 0 Å². The van der Waals surface area contributed by atoms with Crippen LogP contribution in [-0.2, 0) is 0 Å². The highest BCUT2D eigenvalue weighted by Crippen LogP contribution is 2.13. The number of hydrogen-bond acceptors (Lipinski definition) is 3. The van der Waals surface area contributed by atoms with E-state index in [0.29, 0.717) is 12.1 Å². The van der Waals surface area contributed by atoms with Gasteiger partial charge in [-0.1, -0.05) is 18.2 Å². The number of nitrogens with zero attached hydrogens (tertiary/aromatic N) is 1. The fraction of sp³-hybridized carbons (Fsp3) is 0.647. The van der Waals surface area contributed by atoms with E-state index in [1.165, 1.54) is 32.4 Å². The van der Waals surface area contributed by atoms with Crippen LogP contribution in [0.1, 0.15) is 33.1 Å². The number of para-hydroxylation sites is 1. The Hall–Kier alpha value is -1.06. The minimum atomic E-state index is 0.651. The van der Waals surface area contributed by atoms with Crippen LogP contribution in [-0.4, -0.2) is 43.2 Å². The van der Waals surface area contributed by atoms with E-state index in [2.05, 4.69) is 24.1 Å². The van der Waals surface area contributed by atoms with E-state index < -0.39 is 0 Å². The van der Waals surface area contributed by atoms with Crippen LogP contribution in [0.25, 0.3) is 0 Å². The molecule has 1 N–H and O–H groups in total. The second-order valence-corrected chi connectivity index (χ2v) is 5.87. The van der Waals surface area contributed by atoms with E-state index in [1.54, 1.807) is 0 Å². The van der Waals surface area contributed by atoms with Crippen molar-refractivity contribution in [1.29, 1.82) is 0 Å². The molecule has 1 aromatic rings. The summed E-state index contributed by atoms with van der Waals surface area (Å²) in [5, 5.41) is 3.64. The summed E-state index contributed by atoms with van der Waals surface area (Å²) in [5.74, 6) is 0.959. The van der Waals surface area contributed by atoms with Crippen molar-refractivity contribution in [2.24, 2.45) is 0 Å². The van der Waals surface area contributed by atoms with Crippen molar-refractivity contribution in [2.75, 3.05) is 26.2 Å². The van der Waals surface area contributed by atoms with Crippen molar-refractivity contribution in [1.82, 2.24) is 10.2 Å². The Morgan fingerprint density at radius 2 is 2.00 bits per heavy atom. The van der Waals surface area contributed by atoms with Crippen molar-refractivity contribution in [3.63, 3.8) is 0 Å². The molecule has 1 unspecified atom stereocenters. The molecule has 0 bridgehead atoms. The summed E-state index contributed by atoms with van der Waals surface area (Å²) in [7, 11) is 0. The van der Waals surface area contributed by atoms with E-state index in [1.807, 2.05) is 30.3 Å². The molecule has 0 aromatic heterocycles. The molecular formula is C17H28N2O. The first-order valence-electron chi connectivity index (χ1n) is 7.91. The Bertz CT molecular complexity index is 367. The maximum atomic E-state index is 5.71. The maximum absolute atomic E-state index is 5.71. The van der Waals surface area contributed by atoms with Crippen LogP contribution in [0.3, 0.4) is 0 Å². The van der Waals surface area contributed by atoms with Crippen molar-refractivity contribution in [3.05, 3.63) is 30.3 Å². The van der Waals surface area contributed by atoms with Crippen LogP contribution < -0.4 is 10.1 Å². The fourth-order valence-corrected chi connectivity index (χ4v) is 2.79. The van der Waals surface area contributed by atoms with E-state index in [0.717, 1.165) is 18.9 Å². The third-order valence-electron chi connectivity index (χ3n) is 4.04. The van der Waals surface area contributed by atoms with E-state index in [-0.39, 0.29) is 0 Å². The van der Waals surface area contributed by atoms with Crippen molar-refractivity contribution >= 4 is 0 Å². The zero-order chi connectivity index (χ0) is 14.2. The summed E-state index contributed by atoms with van der Waals surface area (Å²) in [6.07, 6.45) is 3.84. The smallest absolute Gasteiger partial charge is 0.119 e. The molecule has 1 aromatic carbocycles. The molecule has 2 rings (SSSR count). The lowest BCUT2D eigenvalue weighted by molar-refractivity contribution is 0.228. The topological polar surface area (TPSA) is 24.5 Å². The van der Waals surface area contributed by atoms with Crippen molar-refractivity contribution in [2.45, 2.75) is 45.2 Å². The number of rotatable bonds is 6. The zero-order valence-electron chi connectivity index (χ0n) is 12.8. The molecule has 0 radical (unpaired) electrons. The first kappa shape index (κ1) is 15.3. The van der Waals surface area contributed by atoms with Crippen LogP contribution in [0, 0.1) is 0 Å². The quantitative estimate of drug-likeness (QED) is 0.809. The van der Waals surface area contributed by atoms with Crippen molar-refractivity contribution in [3.8, 4) is 5.75 Å². The highest BCUT2D eigenvalue weighted by Gasteiger charge is 2.17. The third kappa shape index (κ3) is 5.14. The van der Waals surface area contributed by atoms with Gasteiger partial charge in [-0.25, -0.2) is 0 Å². The Balaban J connectivity index is 1.62. The van der Waals surface area contributed by atoms with Gasteiger partial charge in [0.15, 0.2) is 0 Å². The number of nitrogens with one attached hydrogen (secondary N) is 1. The predicted molar refractivity (Wildman–Crippen MR) is 84.3 cm³/mol. The van der Waals surface area contributed by atoms with Gasteiger partial charge in [0.2, 0.25) is 0 Å². The Morgan fingerprint density at radius 1 is 1.20 bits per heavy atom. The van der Waals surface area contributed by atoms with Gasteiger partial charge in [-0.2, -0.15) is 0 Å². The van der Waals surface area contributed by atoms with E-state index >= 15 is 0 Å². The van der Waals surface area contributed by atoms with Crippen LogP contribution in [0.4, 0.5) is 0 Å². The summed E-state index contributed by atoms with van der Waals surface area (Å²) in [4.78, 5) is 2.59. The number of ether oxygens (including phenoxy) is 1. The van der Waals surface area contributed by atoms with Crippen LogP contribution >= 0.6 is 0 Å². The highest BCUT2D eigenvalue weighted by atomic mass is 16.5. The van der Waals surface area contributed by atoms with Gasteiger partial charge in [-0.3, -0.25) is 0 Å². The van der Waals surface area contributed by atoms with Gasteiger partial charge in [0.1, 0.15) is 12.4 Å². The molecule has 0 aliphatic carbocycles. The second-order valence-electron chi connectivity index (χ2n) is 5.87. The minimum Gasteiger partial charge on any atom is -0.492 e. The Morgan fingerprint density at radius 3 is 2.75 bits per heavy atom. The standard InChI is InChI=1S/C17H28N2O/c1-15(2)19-12-6-7-16(10-13-19)18-11-14-20-17-8-4-3-5-9-17/h3-5,8-9,15-16,18H,6-7,10-14H2,1-2H3. The summed E-state index contributed by atoms with van der Waals surface area (Å²) in [6, 6.07) is 11.4. The lowest BCUT2D eigenvalue weighted by Gasteiger charge is -2.24. The van der Waals surface area contributed by atoms with Gasteiger partial charge in [0, 0.05) is 18.6 Å². The van der Waals surface area contributed by atoms with Crippen LogP contribution in [0.15, 0.2) is 30.3 Å². The lowest BCUT2D eigenvalue weighted by atomic mass is 10.1. The van der Waals surface area contributed by atoms with Crippen molar-refractivity contribution < 1.29 is 4.74 Å². The molecule has 3 nitrogen and oxygen atoms in total. The van der Waals surface area contributed by atoms with Crippen LogP contribution in [0.5, 0.6) is 5.75 Å².